The molecule has 0 unspecified atom stereocenters. The fourth-order valence-corrected chi connectivity index (χ4v) is 4.58. The summed E-state index contributed by atoms with van der Waals surface area (Å²) in [4.78, 5) is 26.2. The van der Waals surface area contributed by atoms with E-state index in [0.717, 1.165) is 30.6 Å². The Kier molecular flexibility index (Phi) is 5.77. The highest BCUT2D eigenvalue weighted by atomic mass is 16.5. The molecule has 0 radical (unpaired) electrons. The molecule has 9 nitrogen and oxygen atoms in total. The maximum Gasteiger partial charge on any atom is 0.270 e. The first-order valence-electron chi connectivity index (χ1n) is 11.3. The Hall–Kier alpha value is -3.01. The summed E-state index contributed by atoms with van der Waals surface area (Å²) in [5, 5.41) is 14.3. The van der Waals surface area contributed by atoms with Crippen LogP contribution in [0.4, 0.5) is 5.95 Å². The number of aromatic nitrogens is 3. The molecule has 2 aromatic heterocycles. The number of aliphatic hydroxyl groups is 1. The first-order chi connectivity index (χ1) is 15.9. The van der Waals surface area contributed by atoms with Gasteiger partial charge in [-0.3, -0.25) is 9.36 Å². The van der Waals surface area contributed by atoms with Gasteiger partial charge in [-0.05, 0) is 49.2 Å². The topological polar surface area (TPSA) is 95.8 Å². The van der Waals surface area contributed by atoms with E-state index in [4.69, 9.17) is 9.72 Å². The standard InChI is InChI=1S/C24H30N6O3/c1-28(2)23(32)20-11-17-12-25-24(26-19-7-9-33-14-21(19)31)27-22(17)30(20)18-5-4-16-13-29(3)8-6-15(16)10-18/h4-5,10-12,19,21,31H,6-9,13-14H2,1-3H3,(H,25,26,27)/t19-,21-/m1/s1. The van der Waals surface area contributed by atoms with Crippen molar-refractivity contribution in [2.24, 2.45) is 0 Å². The van der Waals surface area contributed by atoms with Gasteiger partial charge in [-0.1, -0.05) is 6.07 Å². The second kappa shape index (κ2) is 8.74. The van der Waals surface area contributed by atoms with Crippen LogP contribution in [-0.2, 0) is 17.7 Å². The van der Waals surface area contributed by atoms with Gasteiger partial charge in [0.1, 0.15) is 5.69 Å². The highest BCUT2D eigenvalue weighted by molar-refractivity contribution is 5.98. The lowest BCUT2D eigenvalue weighted by Gasteiger charge is -2.28. The SMILES string of the molecule is CN1CCc2cc(-n3c(C(=O)N(C)C)cc4cnc(N[C@@H]5CCOC[C@H]5O)nc43)ccc2C1. The van der Waals surface area contributed by atoms with Gasteiger partial charge in [-0.15, -0.1) is 0 Å². The van der Waals surface area contributed by atoms with Crippen LogP contribution >= 0.6 is 0 Å². The summed E-state index contributed by atoms with van der Waals surface area (Å²) < 4.78 is 7.24. The minimum absolute atomic E-state index is 0.0974. The lowest BCUT2D eigenvalue weighted by atomic mass is 9.99. The predicted octanol–water partition coefficient (Wildman–Crippen LogP) is 1.67. The van der Waals surface area contributed by atoms with Crippen molar-refractivity contribution in [3.05, 3.63) is 47.3 Å². The Bertz CT molecular complexity index is 1190. The van der Waals surface area contributed by atoms with Crippen molar-refractivity contribution in [3.63, 3.8) is 0 Å². The normalized spacial score (nSPS) is 21.1. The van der Waals surface area contributed by atoms with Crippen LogP contribution in [0.5, 0.6) is 0 Å². The molecule has 33 heavy (non-hydrogen) atoms. The Morgan fingerprint density at radius 1 is 1.27 bits per heavy atom. The minimum atomic E-state index is -0.616. The number of nitrogens with zero attached hydrogens (tertiary/aromatic N) is 5. The number of rotatable bonds is 4. The van der Waals surface area contributed by atoms with Gasteiger partial charge >= 0.3 is 0 Å². The Labute approximate surface area is 193 Å². The second-order valence-corrected chi connectivity index (χ2v) is 9.16. The quantitative estimate of drug-likeness (QED) is 0.624. The van der Waals surface area contributed by atoms with E-state index in [-0.39, 0.29) is 11.9 Å². The number of benzene rings is 1. The smallest absolute Gasteiger partial charge is 0.270 e. The highest BCUT2D eigenvalue weighted by Crippen LogP contribution is 2.28. The number of fused-ring (bicyclic) bond motifs is 2. The average Bonchev–Trinajstić information content (AvgIpc) is 3.18. The lowest BCUT2D eigenvalue weighted by molar-refractivity contribution is -0.0136. The van der Waals surface area contributed by atoms with Gasteiger partial charge in [0.2, 0.25) is 5.95 Å². The van der Waals surface area contributed by atoms with Crippen LogP contribution in [0.3, 0.4) is 0 Å². The third-order valence-electron chi connectivity index (χ3n) is 6.46. The number of carbonyl (C=O) groups excluding carboxylic acids is 1. The lowest BCUT2D eigenvalue weighted by Crippen LogP contribution is -2.42. The van der Waals surface area contributed by atoms with E-state index >= 15 is 0 Å². The Morgan fingerprint density at radius 2 is 2.12 bits per heavy atom. The fraction of sp³-hybridized carbons (Fsp3) is 0.458. The number of likely N-dealkylation sites (N-methyl/N-ethyl adjacent to an activating group) is 1. The van der Waals surface area contributed by atoms with Gasteiger partial charge in [-0.2, -0.15) is 4.98 Å². The molecule has 0 aliphatic carbocycles. The summed E-state index contributed by atoms with van der Waals surface area (Å²) >= 11 is 0. The summed E-state index contributed by atoms with van der Waals surface area (Å²) in [6, 6.07) is 8.04. The Balaban J connectivity index is 1.60. The van der Waals surface area contributed by atoms with Crippen molar-refractivity contribution >= 4 is 22.9 Å². The van der Waals surface area contributed by atoms with E-state index in [1.807, 2.05) is 10.6 Å². The molecule has 1 amide bonds. The van der Waals surface area contributed by atoms with Gasteiger partial charge in [0, 0.05) is 51.1 Å². The average molecular weight is 451 g/mol. The fourth-order valence-electron chi connectivity index (χ4n) is 4.58. The summed E-state index contributed by atoms with van der Waals surface area (Å²) in [7, 11) is 5.63. The van der Waals surface area contributed by atoms with Crippen molar-refractivity contribution in [2.45, 2.75) is 31.5 Å². The molecule has 1 fully saturated rings. The van der Waals surface area contributed by atoms with Crippen molar-refractivity contribution in [1.82, 2.24) is 24.3 Å². The van der Waals surface area contributed by atoms with E-state index in [1.54, 1.807) is 25.2 Å². The monoisotopic (exact) mass is 450 g/mol. The van der Waals surface area contributed by atoms with Crippen LogP contribution in [0.1, 0.15) is 28.0 Å². The van der Waals surface area contributed by atoms with Crippen molar-refractivity contribution in [3.8, 4) is 5.69 Å². The van der Waals surface area contributed by atoms with E-state index in [9.17, 15) is 9.90 Å². The van der Waals surface area contributed by atoms with Crippen LogP contribution in [0.15, 0.2) is 30.5 Å². The maximum absolute atomic E-state index is 13.1. The number of hydrogen-bond donors (Lipinski definition) is 2. The third kappa shape index (κ3) is 4.19. The van der Waals surface area contributed by atoms with Crippen LogP contribution < -0.4 is 5.32 Å². The van der Waals surface area contributed by atoms with Crippen LogP contribution in [0.2, 0.25) is 0 Å². The molecule has 0 saturated carbocycles. The van der Waals surface area contributed by atoms with Crippen LogP contribution in [0, 0.1) is 0 Å². The van der Waals surface area contributed by atoms with Crippen molar-refractivity contribution in [1.29, 1.82) is 0 Å². The van der Waals surface area contributed by atoms with Crippen LogP contribution in [-0.4, -0.2) is 88.4 Å². The summed E-state index contributed by atoms with van der Waals surface area (Å²) in [6.45, 7) is 2.81. The Morgan fingerprint density at radius 3 is 2.91 bits per heavy atom. The van der Waals surface area contributed by atoms with Crippen molar-refractivity contribution in [2.75, 3.05) is 46.2 Å². The number of hydrogen-bond acceptors (Lipinski definition) is 7. The molecule has 0 bridgehead atoms. The summed E-state index contributed by atoms with van der Waals surface area (Å²) in [5.74, 6) is 0.330. The van der Waals surface area contributed by atoms with Gasteiger partial charge < -0.3 is 25.0 Å². The zero-order valence-electron chi connectivity index (χ0n) is 19.3. The van der Waals surface area contributed by atoms with Crippen molar-refractivity contribution < 1.29 is 14.6 Å². The van der Waals surface area contributed by atoms with Gasteiger partial charge in [0.15, 0.2) is 5.65 Å². The van der Waals surface area contributed by atoms with E-state index < -0.39 is 6.10 Å². The van der Waals surface area contributed by atoms with Gasteiger partial charge in [-0.25, -0.2) is 4.98 Å². The molecule has 3 aromatic rings. The molecule has 9 heteroatoms. The summed E-state index contributed by atoms with van der Waals surface area (Å²) in [5.41, 5.74) is 4.73. The number of nitrogens with one attached hydrogen (secondary N) is 1. The van der Waals surface area contributed by atoms with E-state index in [2.05, 4.69) is 40.4 Å². The molecule has 1 saturated heterocycles. The van der Waals surface area contributed by atoms with Gasteiger partial charge in [0.25, 0.3) is 5.91 Å². The van der Waals surface area contributed by atoms with E-state index in [1.165, 1.54) is 11.1 Å². The molecule has 2 atom stereocenters. The second-order valence-electron chi connectivity index (χ2n) is 9.16. The predicted molar refractivity (Wildman–Crippen MR) is 126 cm³/mol. The first-order valence-corrected chi connectivity index (χ1v) is 11.3. The number of ether oxygens (including phenoxy) is 1. The molecule has 5 rings (SSSR count). The number of carbonyl (C=O) groups is 1. The largest absolute Gasteiger partial charge is 0.389 e. The molecule has 0 spiro atoms. The van der Waals surface area contributed by atoms with Crippen LogP contribution in [0.25, 0.3) is 16.7 Å². The number of anilines is 1. The zero-order chi connectivity index (χ0) is 23.1. The molecule has 174 valence electrons. The van der Waals surface area contributed by atoms with E-state index in [0.29, 0.717) is 36.9 Å². The van der Waals surface area contributed by atoms with Gasteiger partial charge in [0.05, 0.1) is 18.8 Å². The number of amides is 1. The molecular formula is C24H30N6O3. The molecule has 1 aromatic carbocycles. The molecule has 2 N–H and O–H groups in total. The summed E-state index contributed by atoms with van der Waals surface area (Å²) in [6.07, 6.45) is 2.76. The molecule has 2 aliphatic rings. The first kappa shape index (κ1) is 21.8. The third-order valence-corrected chi connectivity index (χ3v) is 6.46. The highest BCUT2D eigenvalue weighted by Gasteiger charge is 2.26. The zero-order valence-corrected chi connectivity index (χ0v) is 19.3. The minimum Gasteiger partial charge on any atom is -0.389 e. The molecule has 2 aliphatic heterocycles. The molecule has 4 heterocycles. The number of aliphatic hydroxyl groups excluding tert-OH is 1. The maximum atomic E-state index is 13.1. The molecular weight excluding hydrogens is 420 g/mol.